The number of hydrogen-bond donors (Lipinski definition) is 2. The van der Waals surface area contributed by atoms with Crippen molar-refractivity contribution in [2.75, 3.05) is 5.73 Å². The fraction of sp³-hybridized carbons (Fsp3) is 0.176. The quantitative estimate of drug-likeness (QED) is 0.587. The molecule has 0 saturated carbocycles. The summed E-state index contributed by atoms with van der Waals surface area (Å²) in [4.78, 5) is 12.2. The Kier molecular flexibility index (Phi) is 3.29. The van der Waals surface area contributed by atoms with Crippen LogP contribution in [0.5, 0.6) is 0 Å². The normalized spacial score (nSPS) is 13.9. The molecule has 0 radical (unpaired) electrons. The summed E-state index contributed by atoms with van der Waals surface area (Å²) in [7, 11) is 0. The van der Waals surface area contributed by atoms with Gasteiger partial charge in [-0.1, -0.05) is 12.1 Å². The van der Waals surface area contributed by atoms with E-state index in [2.05, 4.69) is 20.1 Å². The minimum atomic E-state index is -1.30. The van der Waals surface area contributed by atoms with Gasteiger partial charge in [0.05, 0.1) is 11.2 Å². The summed E-state index contributed by atoms with van der Waals surface area (Å²) in [6, 6.07) is 7.36. The second-order valence-corrected chi connectivity index (χ2v) is 5.95. The summed E-state index contributed by atoms with van der Waals surface area (Å²) < 4.78 is 6.69. The van der Waals surface area contributed by atoms with E-state index < -0.39 is 5.60 Å². The van der Waals surface area contributed by atoms with Crippen LogP contribution in [0.1, 0.15) is 23.9 Å². The van der Waals surface area contributed by atoms with Crippen molar-refractivity contribution in [2.24, 2.45) is 0 Å². The maximum absolute atomic E-state index is 10.9. The van der Waals surface area contributed by atoms with Crippen LogP contribution in [0.3, 0.4) is 0 Å². The molecule has 8 nitrogen and oxygen atoms in total. The zero-order valence-corrected chi connectivity index (χ0v) is 13.7. The predicted octanol–water partition coefficient (Wildman–Crippen LogP) is 1.95. The molecule has 0 amide bonds. The third-order valence-electron chi connectivity index (χ3n) is 4.24. The number of hydrogen-bond acceptors (Lipinski definition) is 7. The molecule has 4 aromatic rings. The van der Waals surface area contributed by atoms with Crippen LogP contribution in [0.25, 0.3) is 16.7 Å². The topological polar surface area (TPSA) is 116 Å². The van der Waals surface area contributed by atoms with Gasteiger partial charge in [-0.15, -0.1) is 0 Å². The number of fused-ring (bicyclic) bond motifs is 1. The Balaban J connectivity index is 1.92. The van der Waals surface area contributed by atoms with Gasteiger partial charge < -0.3 is 15.3 Å². The number of anilines is 1. The number of oxazole rings is 1. The minimum absolute atomic E-state index is 0.171. The van der Waals surface area contributed by atoms with E-state index in [1.54, 1.807) is 23.9 Å². The molecule has 0 fully saturated rings. The average Bonchev–Trinajstić information content (AvgIpc) is 3.23. The van der Waals surface area contributed by atoms with Gasteiger partial charge in [-0.05, 0) is 25.5 Å². The van der Waals surface area contributed by atoms with Gasteiger partial charge in [0.25, 0.3) is 0 Å². The summed E-state index contributed by atoms with van der Waals surface area (Å²) in [5.74, 6) is 0.730. The third kappa shape index (κ3) is 2.43. The molecule has 0 bridgehead atoms. The van der Waals surface area contributed by atoms with Crippen LogP contribution < -0.4 is 5.73 Å². The van der Waals surface area contributed by atoms with E-state index in [-0.39, 0.29) is 5.95 Å². The highest BCUT2D eigenvalue weighted by molar-refractivity contribution is 5.84. The van der Waals surface area contributed by atoms with Crippen LogP contribution in [0.15, 0.2) is 47.5 Å². The van der Waals surface area contributed by atoms with Crippen LogP contribution in [0, 0.1) is 6.92 Å². The Morgan fingerprint density at radius 3 is 2.80 bits per heavy atom. The standard InChI is InChI=1S/C17H16N6O2/c1-10-12-4-3-11(17(2,24)14-8-25-9-20-14)7-13(12)23(22-10)15-5-6-19-16(18)21-15/h3-9,24H,1-2H3,(H2,18,19,21). The van der Waals surface area contributed by atoms with E-state index in [1.807, 2.05) is 25.1 Å². The zero-order chi connectivity index (χ0) is 17.6. The molecule has 4 rings (SSSR count). The van der Waals surface area contributed by atoms with Crippen LogP contribution in [-0.4, -0.2) is 29.8 Å². The lowest BCUT2D eigenvalue weighted by Gasteiger charge is -2.21. The molecule has 126 valence electrons. The smallest absolute Gasteiger partial charge is 0.221 e. The van der Waals surface area contributed by atoms with Gasteiger partial charge in [0.1, 0.15) is 17.6 Å². The Bertz CT molecular complexity index is 1050. The molecule has 0 saturated heterocycles. The first-order chi connectivity index (χ1) is 12.0. The maximum Gasteiger partial charge on any atom is 0.221 e. The highest BCUT2D eigenvalue weighted by Crippen LogP contribution is 2.31. The Hall–Kier alpha value is -3.26. The lowest BCUT2D eigenvalue weighted by atomic mass is 9.92. The van der Waals surface area contributed by atoms with E-state index in [1.165, 1.54) is 12.7 Å². The van der Waals surface area contributed by atoms with Gasteiger partial charge >= 0.3 is 0 Å². The lowest BCUT2D eigenvalue weighted by Crippen LogP contribution is -2.23. The molecule has 1 unspecified atom stereocenters. The van der Waals surface area contributed by atoms with Gasteiger partial charge in [0.2, 0.25) is 5.95 Å². The minimum Gasteiger partial charge on any atom is -0.451 e. The number of aryl methyl sites for hydroxylation is 1. The van der Waals surface area contributed by atoms with E-state index in [9.17, 15) is 5.11 Å². The van der Waals surface area contributed by atoms with Gasteiger partial charge in [-0.3, -0.25) is 0 Å². The van der Waals surface area contributed by atoms with Crippen molar-refractivity contribution in [1.29, 1.82) is 0 Å². The first kappa shape index (κ1) is 15.3. The molecular weight excluding hydrogens is 320 g/mol. The molecular formula is C17H16N6O2. The van der Waals surface area contributed by atoms with Gasteiger partial charge in [0, 0.05) is 17.6 Å². The monoisotopic (exact) mass is 336 g/mol. The Labute approximate surface area is 143 Å². The summed E-state index contributed by atoms with van der Waals surface area (Å²) >= 11 is 0. The molecule has 0 aliphatic heterocycles. The van der Waals surface area contributed by atoms with Gasteiger partial charge in [0.15, 0.2) is 12.2 Å². The van der Waals surface area contributed by atoms with Crippen molar-refractivity contribution in [3.63, 3.8) is 0 Å². The first-order valence-corrected chi connectivity index (χ1v) is 7.66. The second kappa shape index (κ2) is 5.38. The molecule has 3 N–H and O–H groups in total. The van der Waals surface area contributed by atoms with Crippen molar-refractivity contribution >= 4 is 16.9 Å². The number of benzene rings is 1. The molecule has 25 heavy (non-hydrogen) atoms. The molecule has 0 spiro atoms. The molecule has 8 heteroatoms. The molecule has 0 aliphatic carbocycles. The maximum atomic E-state index is 10.9. The van der Waals surface area contributed by atoms with Crippen LogP contribution in [0.2, 0.25) is 0 Å². The summed E-state index contributed by atoms with van der Waals surface area (Å²) in [6.45, 7) is 3.58. The number of nitrogens with zero attached hydrogens (tertiary/aromatic N) is 5. The average molecular weight is 336 g/mol. The largest absolute Gasteiger partial charge is 0.451 e. The SMILES string of the molecule is Cc1nn(-c2ccnc(N)n2)c2cc(C(C)(O)c3cocn3)ccc12. The number of aliphatic hydroxyl groups is 1. The predicted molar refractivity (Wildman–Crippen MR) is 91.0 cm³/mol. The Morgan fingerprint density at radius 1 is 1.24 bits per heavy atom. The second-order valence-electron chi connectivity index (χ2n) is 5.95. The fourth-order valence-corrected chi connectivity index (χ4v) is 2.83. The fourth-order valence-electron chi connectivity index (χ4n) is 2.83. The van der Waals surface area contributed by atoms with E-state index in [4.69, 9.17) is 10.2 Å². The van der Waals surface area contributed by atoms with Crippen molar-refractivity contribution in [2.45, 2.75) is 19.4 Å². The van der Waals surface area contributed by atoms with Gasteiger partial charge in [-0.25, -0.2) is 14.6 Å². The number of aromatic nitrogens is 5. The molecule has 0 aliphatic rings. The summed E-state index contributed by atoms with van der Waals surface area (Å²) in [5.41, 5.74) is 7.14. The number of nitrogen functional groups attached to an aromatic ring is 1. The van der Waals surface area contributed by atoms with Crippen LogP contribution in [-0.2, 0) is 5.60 Å². The van der Waals surface area contributed by atoms with Crippen LogP contribution in [0.4, 0.5) is 5.95 Å². The molecule has 1 atom stereocenters. The summed E-state index contributed by atoms with van der Waals surface area (Å²) in [6.07, 6.45) is 4.30. The molecule has 3 heterocycles. The van der Waals surface area contributed by atoms with Crippen molar-refractivity contribution in [3.05, 3.63) is 60.1 Å². The van der Waals surface area contributed by atoms with E-state index in [0.29, 0.717) is 17.1 Å². The number of rotatable bonds is 3. The van der Waals surface area contributed by atoms with Crippen LogP contribution >= 0.6 is 0 Å². The van der Waals surface area contributed by atoms with Crippen molar-refractivity contribution in [1.82, 2.24) is 24.7 Å². The summed E-state index contributed by atoms with van der Waals surface area (Å²) in [5, 5.41) is 16.4. The van der Waals surface area contributed by atoms with Crippen molar-refractivity contribution in [3.8, 4) is 5.82 Å². The molecule has 3 aromatic heterocycles. The lowest BCUT2D eigenvalue weighted by molar-refractivity contribution is 0.0974. The van der Waals surface area contributed by atoms with Crippen molar-refractivity contribution < 1.29 is 9.52 Å². The Morgan fingerprint density at radius 2 is 2.08 bits per heavy atom. The first-order valence-electron chi connectivity index (χ1n) is 7.66. The van der Waals surface area contributed by atoms with Gasteiger partial charge in [-0.2, -0.15) is 10.1 Å². The molecule has 1 aromatic carbocycles. The third-order valence-corrected chi connectivity index (χ3v) is 4.24. The van der Waals surface area contributed by atoms with E-state index in [0.717, 1.165) is 16.6 Å². The van der Waals surface area contributed by atoms with E-state index >= 15 is 0 Å². The highest BCUT2D eigenvalue weighted by atomic mass is 16.3. The highest BCUT2D eigenvalue weighted by Gasteiger charge is 2.29. The number of nitrogens with two attached hydrogens (primary N) is 1. The zero-order valence-electron chi connectivity index (χ0n) is 13.7.